The van der Waals surface area contributed by atoms with E-state index in [2.05, 4.69) is 0 Å². The summed E-state index contributed by atoms with van der Waals surface area (Å²) in [5, 5.41) is 0.679. The van der Waals surface area contributed by atoms with E-state index in [1.807, 2.05) is 0 Å². The van der Waals surface area contributed by atoms with Crippen LogP contribution >= 0.6 is 23.2 Å². The molecule has 0 saturated heterocycles. The van der Waals surface area contributed by atoms with Crippen molar-refractivity contribution < 1.29 is 13.9 Å². The lowest BCUT2D eigenvalue weighted by Crippen LogP contribution is -2.06. The summed E-state index contributed by atoms with van der Waals surface area (Å²) < 4.78 is 19.3. The van der Waals surface area contributed by atoms with Crippen molar-refractivity contribution in [1.29, 1.82) is 0 Å². The van der Waals surface area contributed by atoms with Crippen molar-refractivity contribution in [2.45, 2.75) is 6.42 Å². The third-order valence-electron chi connectivity index (χ3n) is 3.17. The Morgan fingerprint density at radius 2 is 1.90 bits per heavy atom. The number of halogens is 3. The van der Waals surface area contributed by atoms with Gasteiger partial charge in [0.25, 0.3) is 0 Å². The zero-order valence-electron chi connectivity index (χ0n) is 10.3. The molecule has 0 atom stereocenters. The summed E-state index contributed by atoms with van der Waals surface area (Å²) >= 11 is 11.7. The van der Waals surface area contributed by atoms with E-state index < -0.39 is 11.6 Å². The fraction of sp³-hybridized carbons (Fsp3) is 0.133. The molecule has 2 nitrogen and oxygen atoms in total. The lowest BCUT2D eigenvalue weighted by atomic mass is 9.99. The third-order valence-corrected chi connectivity index (χ3v) is 3.62. The molecule has 0 bridgehead atoms. The molecule has 0 N–H and O–H groups in total. The Labute approximate surface area is 125 Å². The van der Waals surface area contributed by atoms with Crippen LogP contribution in [0.25, 0.3) is 0 Å². The number of hydrogen-bond acceptors (Lipinski definition) is 2. The van der Waals surface area contributed by atoms with E-state index in [0.717, 1.165) is 11.6 Å². The zero-order valence-corrected chi connectivity index (χ0v) is 11.8. The standard InChI is InChI=1S/C15H9Cl2FO2/c16-9-1-2-11(13(18)7-9)14(19)12-6-10(17)5-8-3-4-20-15(8)12/h1-2,5-7H,3-4H2. The first-order chi connectivity index (χ1) is 9.56. The topological polar surface area (TPSA) is 26.3 Å². The lowest BCUT2D eigenvalue weighted by Gasteiger charge is -2.09. The molecular formula is C15H9Cl2FO2. The zero-order chi connectivity index (χ0) is 14.3. The Kier molecular flexibility index (Phi) is 3.40. The van der Waals surface area contributed by atoms with Crippen LogP contribution in [0.3, 0.4) is 0 Å². The number of hydrogen-bond donors (Lipinski definition) is 0. The molecule has 0 saturated carbocycles. The summed E-state index contributed by atoms with van der Waals surface area (Å²) in [6, 6.07) is 7.22. The average molecular weight is 311 g/mol. The minimum absolute atomic E-state index is 0.0469. The first-order valence-corrected chi connectivity index (χ1v) is 6.77. The SMILES string of the molecule is O=C(c1ccc(Cl)cc1F)c1cc(Cl)cc2c1OCC2. The van der Waals surface area contributed by atoms with Crippen LogP contribution in [0.1, 0.15) is 21.5 Å². The van der Waals surface area contributed by atoms with Crippen LogP contribution in [0.2, 0.25) is 10.0 Å². The molecule has 0 aliphatic carbocycles. The Balaban J connectivity index is 2.11. The molecule has 102 valence electrons. The summed E-state index contributed by atoms with van der Waals surface area (Å²) in [4.78, 5) is 12.5. The number of ether oxygens (including phenoxy) is 1. The van der Waals surface area contributed by atoms with E-state index in [9.17, 15) is 9.18 Å². The first kappa shape index (κ1) is 13.4. The largest absolute Gasteiger partial charge is 0.492 e. The average Bonchev–Trinajstić information content (AvgIpc) is 2.85. The van der Waals surface area contributed by atoms with Crippen LogP contribution in [-0.2, 0) is 6.42 Å². The molecule has 2 aromatic carbocycles. The van der Waals surface area contributed by atoms with E-state index in [1.165, 1.54) is 18.2 Å². The van der Waals surface area contributed by atoms with Gasteiger partial charge in [-0.15, -0.1) is 0 Å². The molecule has 20 heavy (non-hydrogen) atoms. The smallest absolute Gasteiger partial charge is 0.199 e. The van der Waals surface area contributed by atoms with Crippen molar-refractivity contribution in [3.05, 3.63) is 62.9 Å². The maximum Gasteiger partial charge on any atom is 0.199 e. The van der Waals surface area contributed by atoms with Gasteiger partial charge in [0, 0.05) is 16.5 Å². The number of fused-ring (bicyclic) bond motifs is 1. The summed E-state index contributed by atoms with van der Waals surface area (Å²) in [5.74, 6) is -0.622. The molecule has 0 spiro atoms. The van der Waals surface area contributed by atoms with Gasteiger partial charge in [-0.3, -0.25) is 4.79 Å². The lowest BCUT2D eigenvalue weighted by molar-refractivity contribution is 0.103. The van der Waals surface area contributed by atoms with Crippen LogP contribution in [0, 0.1) is 5.82 Å². The highest BCUT2D eigenvalue weighted by molar-refractivity contribution is 6.31. The predicted octanol–water partition coefficient (Wildman–Crippen LogP) is 4.30. The van der Waals surface area contributed by atoms with Crippen molar-refractivity contribution in [2.75, 3.05) is 6.61 Å². The van der Waals surface area contributed by atoms with Gasteiger partial charge in [0.1, 0.15) is 11.6 Å². The molecule has 5 heteroatoms. The Morgan fingerprint density at radius 3 is 2.65 bits per heavy atom. The number of ketones is 1. The number of benzene rings is 2. The molecule has 1 aliphatic rings. The van der Waals surface area contributed by atoms with Crippen molar-refractivity contribution >= 4 is 29.0 Å². The molecule has 1 heterocycles. The minimum Gasteiger partial charge on any atom is -0.492 e. The second-order valence-electron chi connectivity index (χ2n) is 4.49. The van der Waals surface area contributed by atoms with Crippen molar-refractivity contribution in [3.63, 3.8) is 0 Å². The van der Waals surface area contributed by atoms with Crippen LogP contribution in [0.5, 0.6) is 5.75 Å². The normalized spacial score (nSPS) is 12.9. The van der Waals surface area contributed by atoms with Gasteiger partial charge in [0.2, 0.25) is 0 Å². The minimum atomic E-state index is -0.658. The predicted molar refractivity (Wildman–Crippen MR) is 75.5 cm³/mol. The number of carbonyl (C=O) groups is 1. The highest BCUT2D eigenvalue weighted by Crippen LogP contribution is 2.34. The summed E-state index contributed by atoms with van der Waals surface area (Å²) in [5.41, 5.74) is 1.11. The van der Waals surface area contributed by atoms with Crippen molar-refractivity contribution in [2.24, 2.45) is 0 Å². The molecule has 0 fully saturated rings. The molecule has 0 amide bonds. The van der Waals surface area contributed by atoms with Gasteiger partial charge in [-0.05, 0) is 35.9 Å². The number of rotatable bonds is 2. The van der Waals surface area contributed by atoms with Gasteiger partial charge in [-0.1, -0.05) is 23.2 Å². The molecule has 0 radical (unpaired) electrons. The van der Waals surface area contributed by atoms with E-state index in [1.54, 1.807) is 6.07 Å². The van der Waals surface area contributed by atoms with E-state index >= 15 is 0 Å². The molecule has 0 unspecified atom stereocenters. The second kappa shape index (κ2) is 5.08. The summed E-state index contributed by atoms with van der Waals surface area (Å²) in [6.07, 6.45) is 0.694. The van der Waals surface area contributed by atoms with Gasteiger partial charge in [-0.2, -0.15) is 0 Å². The van der Waals surface area contributed by atoms with Gasteiger partial charge in [0.15, 0.2) is 5.78 Å². The molecule has 0 aromatic heterocycles. The van der Waals surface area contributed by atoms with Crippen LogP contribution < -0.4 is 4.74 Å². The van der Waals surface area contributed by atoms with Crippen molar-refractivity contribution in [1.82, 2.24) is 0 Å². The van der Waals surface area contributed by atoms with Crippen molar-refractivity contribution in [3.8, 4) is 5.75 Å². The van der Waals surface area contributed by atoms with Gasteiger partial charge >= 0.3 is 0 Å². The maximum atomic E-state index is 13.9. The fourth-order valence-corrected chi connectivity index (χ4v) is 2.66. The Morgan fingerprint density at radius 1 is 1.10 bits per heavy atom. The molecule has 1 aliphatic heterocycles. The van der Waals surface area contributed by atoms with Crippen LogP contribution in [0.4, 0.5) is 4.39 Å². The summed E-state index contributed by atoms with van der Waals surface area (Å²) in [6.45, 7) is 0.499. The van der Waals surface area contributed by atoms with Gasteiger partial charge < -0.3 is 4.74 Å². The highest BCUT2D eigenvalue weighted by atomic mass is 35.5. The molecule has 2 aromatic rings. The van der Waals surface area contributed by atoms with E-state index in [0.29, 0.717) is 23.8 Å². The highest BCUT2D eigenvalue weighted by Gasteiger charge is 2.24. The molecular weight excluding hydrogens is 302 g/mol. The monoisotopic (exact) mass is 310 g/mol. The third kappa shape index (κ3) is 2.28. The molecule has 3 rings (SSSR count). The van der Waals surface area contributed by atoms with Gasteiger partial charge in [0.05, 0.1) is 17.7 Å². The van der Waals surface area contributed by atoms with Crippen LogP contribution in [0.15, 0.2) is 30.3 Å². The Hall–Kier alpha value is -1.58. The fourth-order valence-electron chi connectivity index (χ4n) is 2.26. The summed E-state index contributed by atoms with van der Waals surface area (Å²) in [7, 11) is 0. The maximum absolute atomic E-state index is 13.9. The quantitative estimate of drug-likeness (QED) is 0.773. The first-order valence-electron chi connectivity index (χ1n) is 6.01. The Bertz CT molecular complexity index is 713. The van der Waals surface area contributed by atoms with Crippen LogP contribution in [-0.4, -0.2) is 12.4 Å². The van der Waals surface area contributed by atoms with Gasteiger partial charge in [-0.25, -0.2) is 4.39 Å². The number of carbonyl (C=O) groups excluding carboxylic acids is 1. The van der Waals surface area contributed by atoms with E-state index in [-0.39, 0.29) is 16.1 Å². The van der Waals surface area contributed by atoms with E-state index in [4.69, 9.17) is 27.9 Å². The second-order valence-corrected chi connectivity index (χ2v) is 5.37.